The monoisotopic (exact) mass is 510 g/mol. The van der Waals surface area contributed by atoms with Crippen molar-refractivity contribution in [3.05, 3.63) is 71.5 Å². The number of nitrogens with zero attached hydrogens (tertiary/aromatic N) is 1. The molecule has 5 nitrogen and oxygen atoms in total. The summed E-state index contributed by atoms with van der Waals surface area (Å²) in [4.78, 5) is 0. The zero-order chi connectivity index (χ0) is 23.4. The number of aliphatic hydroxyl groups excluding tert-OH is 1. The van der Waals surface area contributed by atoms with E-state index in [1.165, 1.54) is 18.4 Å². The molecule has 2 aromatic carbocycles. The number of rotatable bonds is 8. The fourth-order valence-corrected chi connectivity index (χ4v) is 6.70. The predicted molar refractivity (Wildman–Crippen MR) is 136 cm³/mol. The first kappa shape index (κ1) is 27.1. The highest BCUT2D eigenvalue weighted by molar-refractivity contribution is 7.88. The first-order chi connectivity index (χ1) is 15.8. The van der Waals surface area contributed by atoms with Gasteiger partial charge in [-0.25, -0.2) is 12.8 Å². The van der Waals surface area contributed by atoms with E-state index in [-0.39, 0.29) is 30.3 Å². The van der Waals surface area contributed by atoms with Crippen LogP contribution in [0.4, 0.5) is 4.39 Å². The summed E-state index contributed by atoms with van der Waals surface area (Å²) in [5, 5.41) is 14.2. The molecule has 0 amide bonds. The topological polar surface area (TPSA) is 69.6 Å². The van der Waals surface area contributed by atoms with Crippen LogP contribution in [0.2, 0.25) is 0 Å². The van der Waals surface area contributed by atoms with Crippen molar-refractivity contribution in [2.24, 2.45) is 5.92 Å². The summed E-state index contributed by atoms with van der Waals surface area (Å²) in [5.41, 5.74) is 1.64. The van der Waals surface area contributed by atoms with Crippen LogP contribution in [0, 0.1) is 11.7 Å². The first-order valence-corrected chi connectivity index (χ1v) is 13.8. The molecule has 1 heterocycles. The van der Waals surface area contributed by atoms with E-state index < -0.39 is 16.1 Å². The van der Waals surface area contributed by atoms with Crippen molar-refractivity contribution < 1.29 is 17.9 Å². The Morgan fingerprint density at radius 2 is 1.74 bits per heavy atom. The highest BCUT2D eigenvalue weighted by atomic mass is 35.5. The summed E-state index contributed by atoms with van der Waals surface area (Å²) < 4.78 is 40.2. The third-order valence-corrected chi connectivity index (χ3v) is 8.58. The van der Waals surface area contributed by atoms with E-state index in [1.807, 2.05) is 30.3 Å². The Balaban J connectivity index is 0.00000324. The molecule has 4 rings (SSSR count). The molecule has 2 aromatic rings. The van der Waals surface area contributed by atoms with Crippen molar-refractivity contribution in [1.29, 1.82) is 0 Å². The Bertz CT molecular complexity index is 1020. The molecular formula is C26H36ClFN2O3S. The minimum atomic E-state index is -3.28. The van der Waals surface area contributed by atoms with Crippen LogP contribution in [0.5, 0.6) is 0 Å². The SMILES string of the molecule is CS(=O)(=O)N(Cc1ccccc1)C1CCC(C[C@@H]2CC[C@H]([C@@H](O)c3cccc(F)c3)N2)CC1.Cl. The zero-order valence-corrected chi connectivity index (χ0v) is 21.3. The van der Waals surface area contributed by atoms with Gasteiger partial charge in [-0.1, -0.05) is 42.5 Å². The summed E-state index contributed by atoms with van der Waals surface area (Å²) >= 11 is 0. The molecule has 0 spiro atoms. The molecule has 0 aromatic heterocycles. The molecular weight excluding hydrogens is 475 g/mol. The van der Waals surface area contributed by atoms with Crippen LogP contribution in [-0.4, -0.2) is 42.2 Å². The van der Waals surface area contributed by atoms with Gasteiger partial charge in [0, 0.05) is 24.7 Å². The second-order valence-electron chi connectivity index (χ2n) is 9.75. The van der Waals surface area contributed by atoms with E-state index >= 15 is 0 Å². The van der Waals surface area contributed by atoms with Gasteiger partial charge in [0.2, 0.25) is 10.0 Å². The van der Waals surface area contributed by atoms with Crippen molar-refractivity contribution in [3.8, 4) is 0 Å². The highest BCUT2D eigenvalue weighted by Gasteiger charge is 2.35. The largest absolute Gasteiger partial charge is 0.387 e. The lowest BCUT2D eigenvalue weighted by atomic mass is 9.82. The van der Waals surface area contributed by atoms with E-state index in [4.69, 9.17) is 0 Å². The van der Waals surface area contributed by atoms with E-state index in [2.05, 4.69) is 5.32 Å². The molecule has 1 aliphatic carbocycles. The number of sulfonamides is 1. The fraction of sp³-hybridized carbons (Fsp3) is 0.538. The van der Waals surface area contributed by atoms with Gasteiger partial charge < -0.3 is 10.4 Å². The molecule has 0 bridgehead atoms. The van der Waals surface area contributed by atoms with Gasteiger partial charge in [-0.15, -0.1) is 12.4 Å². The highest BCUT2D eigenvalue weighted by Crippen LogP contribution is 2.35. The summed E-state index contributed by atoms with van der Waals surface area (Å²) in [7, 11) is -3.28. The molecule has 188 valence electrons. The van der Waals surface area contributed by atoms with Gasteiger partial charge in [0.1, 0.15) is 5.82 Å². The van der Waals surface area contributed by atoms with Crippen molar-refractivity contribution >= 4 is 22.4 Å². The maximum absolute atomic E-state index is 13.5. The number of aliphatic hydroxyl groups is 1. The van der Waals surface area contributed by atoms with E-state index in [0.29, 0.717) is 24.1 Å². The van der Waals surface area contributed by atoms with Crippen molar-refractivity contribution in [2.75, 3.05) is 6.26 Å². The molecule has 8 heteroatoms. The molecule has 2 fully saturated rings. The normalized spacial score (nSPS) is 26.2. The third-order valence-electron chi connectivity index (χ3n) is 7.30. The number of benzene rings is 2. The van der Waals surface area contributed by atoms with E-state index in [0.717, 1.165) is 50.5 Å². The number of hydrogen-bond donors (Lipinski definition) is 2. The van der Waals surface area contributed by atoms with Crippen molar-refractivity contribution in [1.82, 2.24) is 9.62 Å². The standard InChI is InChI=1S/C26H35FN2O3S.ClH/c1-33(31,32)29(18-20-6-3-2-4-7-20)24-13-10-19(11-14-24)16-23-12-15-25(28-23)26(30)21-8-5-9-22(27)17-21;/h2-9,17,19,23-26,28,30H,10-16,18H2,1H3;1H/t19?,23-,24?,25+,26-;/m0./s1. The minimum absolute atomic E-state index is 0. The Morgan fingerprint density at radius 3 is 2.38 bits per heavy atom. The van der Waals surface area contributed by atoms with Crippen LogP contribution in [-0.2, 0) is 16.6 Å². The summed E-state index contributed by atoms with van der Waals surface area (Å²) in [5.74, 6) is 0.232. The number of nitrogens with one attached hydrogen (secondary N) is 1. The average molecular weight is 511 g/mol. The van der Waals surface area contributed by atoms with Crippen LogP contribution >= 0.6 is 12.4 Å². The molecule has 1 saturated heterocycles. The average Bonchev–Trinajstić information content (AvgIpc) is 3.26. The molecule has 0 unspecified atom stereocenters. The first-order valence-electron chi connectivity index (χ1n) is 12.0. The Labute approximate surface area is 209 Å². The van der Waals surface area contributed by atoms with Gasteiger partial charge in [-0.2, -0.15) is 4.31 Å². The second kappa shape index (κ2) is 12.0. The van der Waals surface area contributed by atoms with Gasteiger partial charge in [0.25, 0.3) is 0 Å². The number of halogens is 2. The second-order valence-corrected chi connectivity index (χ2v) is 11.7. The zero-order valence-electron chi connectivity index (χ0n) is 19.6. The van der Waals surface area contributed by atoms with E-state index in [9.17, 15) is 17.9 Å². The van der Waals surface area contributed by atoms with Crippen molar-refractivity contribution in [3.63, 3.8) is 0 Å². The Hall–Kier alpha value is -1.51. The maximum Gasteiger partial charge on any atom is 0.211 e. The smallest absolute Gasteiger partial charge is 0.211 e. The molecule has 1 saturated carbocycles. The lowest BCUT2D eigenvalue weighted by Crippen LogP contribution is -2.42. The molecule has 0 radical (unpaired) electrons. The molecule has 1 aliphatic heterocycles. The van der Waals surface area contributed by atoms with E-state index in [1.54, 1.807) is 16.4 Å². The van der Waals surface area contributed by atoms with Crippen molar-refractivity contribution in [2.45, 2.75) is 75.7 Å². The summed E-state index contributed by atoms with van der Waals surface area (Å²) in [6.45, 7) is 0.429. The van der Waals surface area contributed by atoms with Gasteiger partial charge >= 0.3 is 0 Å². The van der Waals surface area contributed by atoms with Gasteiger partial charge in [-0.3, -0.25) is 0 Å². The fourth-order valence-electron chi connectivity index (χ4n) is 5.56. The number of hydrogen-bond acceptors (Lipinski definition) is 4. The Morgan fingerprint density at radius 1 is 1.03 bits per heavy atom. The minimum Gasteiger partial charge on any atom is -0.387 e. The van der Waals surface area contributed by atoms with Crippen LogP contribution < -0.4 is 5.32 Å². The van der Waals surface area contributed by atoms with Crippen LogP contribution in [0.1, 0.15) is 62.2 Å². The van der Waals surface area contributed by atoms with Crippen LogP contribution in [0.25, 0.3) is 0 Å². The van der Waals surface area contributed by atoms with Gasteiger partial charge in [-0.05, 0) is 74.1 Å². The van der Waals surface area contributed by atoms with Crippen LogP contribution in [0.3, 0.4) is 0 Å². The lowest BCUT2D eigenvalue weighted by Gasteiger charge is -2.36. The summed E-state index contributed by atoms with van der Waals surface area (Å²) in [6.07, 6.45) is 7.31. The maximum atomic E-state index is 13.5. The van der Waals surface area contributed by atoms with Gasteiger partial charge in [0.15, 0.2) is 0 Å². The molecule has 2 N–H and O–H groups in total. The Kier molecular flexibility index (Phi) is 9.52. The van der Waals surface area contributed by atoms with Crippen LogP contribution in [0.15, 0.2) is 54.6 Å². The molecule has 34 heavy (non-hydrogen) atoms. The quantitative estimate of drug-likeness (QED) is 0.534. The molecule has 2 aliphatic rings. The summed E-state index contributed by atoms with van der Waals surface area (Å²) in [6, 6.07) is 16.3. The third kappa shape index (κ3) is 7.01. The lowest BCUT2D eigenvalue weighted by molar-refractivity contribution is 0.132. The predicted octanol–water partition coefficient (Wildman–Crippen LogP) is 4.81. The van der Waals surface area contributed by atoms with Gasteiger partial charge in [0.05, 0.1) is 12.4 Å². The molecule has 3 atom stereocenters.